The summed E-state index contributed by atoms with van der Waals surface area (Å²) in [6.07, 6.45) is 4.53. The topological polar surface area (TPSA) is 94.4 Å². The third-order valence-electron chi connectivity index (χ3n) is 4.89. The van der Waals surface area contributed by atoms with Gasteiger partial charge in [-0.25, -0.2) is 4.98 Å². The molecule has 1 aliphatic heterocycles. The van der Waals surface area contributed by atoms with Gasteiger partial charge in [-0.2, -0.15) is 5.10 Å². The van der Waals surface area contributed by atoms with Crippen molar-refractivity contribution < 1.29 is 4.42 Å². The highest BCUT2D eigenvalue weighted by Crippen LogP contribution is 2.24. The summed E-state index contributed by atoms with van der Waals surface area (Å²) in [6.45, 7) is 5.71. The maximum Gasteiger partial charge on any atom is 0.216 e. The predicted octanol–water partition coefficient (Wildman–Crippen LogP) is 3.51. The fourth-order valence-electron chi connectivity index (χ4n) is 3.40. The number of furan rings is 1. The number of guanidine groups is 1. The summed E-state index contributed by atoms with van der Waals surface area (Å²) < 4.78 is 5.33. The molecule has 0 aliphatic carbocycles. The van der Waals surface area contributed by atoms with Crippen molar-refractivity contribution >= 4 is 46.3 Å². The number of nitrogens with one attached hydrogen (secondary N) is 3. The minimum absolute atomic E-state index is 0. The smallest absolute Gasteiger partial charge is 0.216 e. The minimum atomic E-state index is 0. The average molecular weight is 541 g/mol. The maximum atomic E-state index is 5.33. The second kappa shape index (κ2) is 11.3. The SMILES string of the molecule is CCNC(=NCCc1nc(-c2ccco2)n[nH]1)NC1CCN(c2cccs2)CC1.I. The number of aromatic nitrogens is 3. The van der Waals surface area contributed by atoms with E-state index in [9.17, 15) is 0 Å². The highest BCUT2D eigenvalue weighted by atomic mass is 127. The number of rotatable bonds is 7. The van der Waals surface area contributed by atoms with E-state index in [1.807, 2.05) is 23.5 Å². The molecule has 3 N–H and O–H groups in total. The lowest BCUT2D eigenvalue weighted by molar-refractivity contribution is 0.463. The van der Waals surface area contributed by atoms with Crippen LogP contribution >= 0.6 is 35.3 Å². The Balaban J connectivity index is 0.00000256. The number of aromatic amines is 1. The molecular formula is C20H28IN7OS. The van der Waals surface area contributed by atoms with Crippen LogP contribution in [0.15, 0.2) is 45.3 Å². The van der Waals surface area contributed by atoms with Crippen molar-refractivity contribution in [2.75, 3.05) is 31.1 Å². The quantitative estimate of drug-likeness (QED) is 0.241. The Morgan fingerprint density at radius 1 is 1.33 bits per heavy atom. The molecule has 0 unspecified atom stereocenters. The van der Waals surface area contributed by atoms with Crippen LogP contribution in [0.5, 0.6) is 0 Å². The summed E-state index contributed by atoms with van der Waals surface area (Å²) in [5, 5.41) is 17.6. The minimum Gasteiger partial charge on any atom is -0.461 e. The van der Waals surface area contributed by atoms with E-state index < -0.39 is 0 Å². The monoisotopic (exact) mass is 541 g/mol. The van der Waals surface area contributed by atoms with Gasteiger partial charge >= 0.3 is 0 Å². The van der Waals surface area contributed by atoms with E-state index in [1.54, 1.807) is 6.26 Å². The molecule has 10 heteroatoms. The molecule has 162 valence electrons. The molecule has 0 atom stereocenters. The van der Waals surface area contributed by atoms with Gasteiger partial charge in [0.2, 0.25) is 5.82 Å². The van der Waals surface area contributed by atoms with Gasteiger partial charge in [-0.05, 0) is 49.4 Å². The molecule has 1 fully saturated rings. The first kappa shape index (κ1) is 22.6. The normalized spacial score (nSPS) is 15.1. The Labute approximate surface area is 197 Å². The van der Waals surface area contributed by atoms with Crippen LogP contribution in [-0.2, 0) is 6.42 Å². The van der Waals surface area contributed by atoms with Gasteiger partial charge in [0, 0.05) is 38.6 Å². The molecule has 4 rings (SSSR count). The Hall–Kier alpha value is -2.08. The van der Waals surface area contributed by atoms with Gasteiger partial charge < -0.3 is 20.0 Å². The van der Waals surface area contributed by atoms with Crippen molar-refractivity contribution in [3.8, 4) is 11.6 Å². The Bertz CT molecular complexity index is 886. The van der Waals surface area contributed by atoms with Gasteiger partial charge in [-0.1, -0.05) is 0 Å². The molecular weight excluding hydrogens is 513 g/mol. The van der Waals surface area contributed by atoms with E-state index in [0.717, 1.165) is 44.3 Å². The summed E-state index contributed by atoms with van der Waals surface area (Å²) in [5.41, 5.74) is 0. The van der Waals surface area contributed by atoms with Crippen molar-refractivity contribution in [3.05, 3.63) is 41.7 Å². The van der Waals surface area contributed by atoms with Gasteiger partial charge in [0.25, 0.3) is 0 Å². The van der Waals surface area contributed by atoms with Crippen LogP contribution in [0.4, 0.5) is 5.00 Å². The molecule has 0 saturated carbocycles. The number of hydrogen-bond acceptors (Lipinski definition) is 6. The van der Waals surface area contributed by atoms with Gasteiger partial charge in [-0.15, -0.1) is 35.3 Å². The second-order valence-corrected chi connectivity index (χ2v) is 7.88. The summed E-state index contributed by atoms with van der Waals surface area (Å²) >= 11 is 1.81. The zero-order chi connectivity index (χ0) is 19.9. The highest BCUT2D eigenvalue weighted by Gasteiger charge is 2.20. The average Bonchev–Trinajstić information content (AvgIpc) is 3.50. The van der Waals surface area contributed by atoms with Crippen molar-refractivity contribution in [2.24, 2.45) is 4.99 Å². The number of piperidine rings is 1. The molecule has 0 radical (unpaired) electrons. The molecule has 1 saturated heterocycles. The van der Waals surface area contributed by atoms with E-state index >= 15 is 0 Å². The third kappa shape index (κ3) is 5.97. The Morgan fingerprint density at radius 3 is 2.90 bits per heavy atom. The number of anilines is 1. The molecule has 0 spiro atoms. The van der Waals surface area contributed by atoms with E-state index in [0.29, 0.717) is 30.6 Å². The number of thiophene rings is 1. The first-order valence-corrected chi connectivity index (χ1v) is 11.0. The van der Waals surface area contributed by atoms with Crippen LogP contribution in [0.25, 0.3) is 11.6 Å². The lowest BCUT2D eigenvalue weighted by Gasteiger charge is -2.33. The molecule has 0 amide bonds. The van der Waals surface area contributed by atoms with E-state index in [2.05, 4.69) is 55.2 Å². The lowest BCUT2D eigenvalue weighted by Crippen LogP contribution is -2.48. The number of halogens is 1. The summed E-state index contributed by atoms with van der Waals surface area (Å²) in [5.74, 6) is 2.92. The zero-order valence-electron chi connectivity index (χ0n) is 17.0. The number of aliphatic imine (C=N–C) groups is 1. The molecule has 4 heterocycles. The number of nitrogens with zero attached hydrogens (tertiary/aromatic N) is 4. The second-order valence-electron chi connectivity index (χ2n) is 6.95. The molecule has 3 aromatic heterocycles. The van der Waals surface area contributed by atoms with Gasteiger partial charge in [0.15, 0.2) is 11.7 Å². The first-order valence-electron chi connectivity index (χ1n) is 10.1. The molecule has 30 heavy (non-hydrogen) atoms. The fraction of sp³-hybridized carbons (Fsp3) is 0.450. The lowest BCUT2D eigenvalue weighted by atomic mass is 10.1. The molecule has 0 aromatic carbocycles. The van der Waals surface area contributed by atoms with Crippen LogP contribution < -0.4 is 15.5 Å². The third-order valence-corrected chi connectivity index (χ3v) is 5.82. The largest absolute Gasteiger partial charge is 0.461 e. The van der Waals surface area contributed by atoms with E-state index in [1.165, 1.54) is 5.00 Å². The van der Waals surface area contributed by atoms with Crippen LogP contribution in [-0.4, -0.2) is 53.4 Å². The molecule has 0 bridgehead atoms. The maximum absolute atomic E-state index is 5.33. The zero-order valence-corrected chi connectivity index (χ0v) is 20.2. The van der Waals surface area contributed by atoms with Crippen LogP contribution in [0.3, 0.4) is 0 Å². The summed E-state index contributed by atoms with van der Waals surface area (Å²) in [6, 6.07) is 8.44. The predicted molar refractivity (Wildman–Crippen MR) is 132 cm³/mol. The standard InChI is InChI=1S/C20H27N7OS.HI/c1-2-21-20(23-15-8-11-27(12-9-15)18-6-4-14-29-18)22-10-7-17-24-19(26-25-17)16-5-3-13-28-16;/h3-6,13-15H,2,7-12H2,1H3,(H2,21,22,23)(H,24,25,26);1H. The summed E-state index contributed by atoms with van der Waals surface area (Å²) in [4.78, 5) is 11.7. The number of H-pyrrole nitrogens is 1. The van der Waals surface area contributed by atoms with Crippen molar-refractivity contribution in [3.63, 3.8) is 0 Å². The Kier molecular flexibility index (Phi) is 8.55. The van der Waals surface area contributed by atoms with Crippen LogP contribution in [0, 0.1) is 0 Å². The van der Waals surface area contributed by atoms with Crippen molar-refractivity contribution in [1.29, 1.82) is 0 Å². The highest BCUT2D eigenvalue weighted by molar-refractivity contribution is 14.0. The fourth-order valence-corrected chi connectivity index (χ4v) is 4.19. The van der Waals surface area contributed by atoms with Gasteiger partial charge in [-0.3, -0.25) is 10.1 Å². The number of hydrogen-bond donors (Lipinski definition) is 3. The van der Waals surface area contributed by atoms with Crippen molar-refractivity contribution in [2.45, 2.75) is 32.2 Å². The molecule has 1 aliphatic rings. The summed E-state index contributed by atoms with van der Waals surface area (Å²) in [7, 11) is 0. The Morgan fingerprint density at radius 2 is 2.20 bits per heavy atom. The first-order chi connectivity index (χ1) is 14.3. The van der Waals surface area contributed by atoms with E-state index in [-0.39, 0.29) is 24.0 Å². The van der Waals surface area contributed by atoms with Crippen LogP contribution in [0.2, 0.25) is 0 Å². The van der Waals surface area contributed by atoms with Gasteiger partial charge in [0.1, 0.15) is 5.82 Å². The van der Waals surface area contributed by atoms with E-state index in [4.69, 9.17) is 9.41 Å². The van der Waals surface area contributed by atoms with Crippen molar-refractivity contribution in [1.82, 2.24) is 25.8 Å². The molecule has 3 aromatic rings. The van der Waals surface area contributed by atoms with Gasteiger partial charge in [0.05, 0.1) is 11.3 Å². The molecule has 8 nitrogen and oxygen atoms in total. The van der Waals surface area contributed by atoms with Crippen LogP contribution in [0.1, 0.15) is 25.6 Å².